The van der Waals surface area contributed by atoms with Gasteiger partial charge in [0.1, 0.15) is 0 Å². The predicted molar refractivity (Wildman–Crippen MR) is 114 cm³/mol. The van der Waals surface area contributed by atoms with Gasteiger partial charge in [-0.15, -0.1) is 0 Å². The van der Waals surface area contributed by atoms with E-state index in [4.69, 9.17) is 10.8 Å². The number of carbonyl (C=O) groups is 1. The SMILES string of the molecule is Cc1cnc(NC(C=NC2CCN(C)CC2)=CN)nc1-c1ccc(C(=O)O)cc1. The molecule has 8 heteroatoms. The van der Waals surface area contributed by atoms with Crippen LogP contribution in [0.4, 0.5) is 5.95 Å². The van der Waals surface area contributed by atoms with Crippen molar-refractivity contribution in [2.24, 2.45) is 10.7 Å². The molecule has 8 nitrogen and oxygen atoms in total. The number of aromatic nitrogens is 2. The van der Waals surface area contributed by atoms with Crippen molar-refractivity contribution in [3.05, 3.63) is 53.5 Å². The molecule has 0 bridgehead atoms. The van der Waals surface area contributed by atoms with Gasteiger partial charge in [-0.25, -0.2) is 14.8 Å². The summed E-state index contributed by atoms with van der Waals surface area (Å²) in [6, 6.07) is 6.90. The summed E-state index contributed by atoms with van der Waals surface area (Å²) >= 11 is 0. The Morgan fingerprint density at radius 1 is 1.31 bits per heavy atom. The minimum atomic E-state index is -0.958. The van der Waals surface area contributed by atoms with Gasteiger partial charge in [0.25, 0.3) is 0 Å². The summed E-state index contributed by atoms with van der Waals surface area (Å²) in [5.41, 5.74) is 9.03. The third-order valence-corrected chi connectivity index (χ3v) is 4.93. The molecule has 0 saturated carbocycles. The Kier molecular flexibility index (Phi) is 6.56. The Morgan fingerprint density at radius 3 is 2.62 bits per heavy atom. The lowest BCUT2D eigenvalue weighted by Crippen LogP contribution is -2.32. The van der Waals surface area contributed by atoms with Gasteiger partial charge >= 0.3 is 5.97 Å². The van der Waals surface area contributed by atoms with E-state index in [-0.39, 0.29) is 5.56 Å². The number of hydrogen-bond acceptors (Lipinski definition) is 7. The lowest BCUT2D eigenvalue weighted by atomic mass is 10.1. The summed E-state index contributed by atoms with van der Waals surface area (Å²) < 4.78 is 0. The molecule has 0 aliphatic carbocycles. The molecule has 1 aliphatic heterocycles. The van der Waals surface area contributed by atoms with Crippen LogP contribution in [0.5, 0.6) is 0 Å². The fourth-order valence-electron chi connectivity index (χ4n) is 3.14. The van der Waals surface area contributed by atoms with Crippen LogP contribution in [0.25, 0.3) is 11.3 Å². The van der Waals surface area contributed by atoms with Crippen LogP contribution in [0.3, 0.4) is 0 Å². The van der Waals surface area contributed by atoms with Crippen LogP contribution >= 0.6 is 0 Å². The first-order valence-electron chi connectivity index (χ1n) is 9.54. The van der Waals surface area contributed by atoms with E-state index >= 15 is 0 Å². The second-order valence-electron chi connectivity index (χ2n) is 7.17. The van der Waals surface area contributed by atoms with Gasteiger partial charge in [-0.2, -0.15) is 0 Å². The number of rotatable bonds is 6. The standard InChI is InChI=1S/C21H26N6O2/c1-14-12-24-21(26-19(14)15-3-5-16(6-4-15)20(28)29)25-18(11-22)13-23-17-7-9-27(2)10-8-17/h3-6,11-13,17H,7-10,22H2,1-2H3,(H,28,29)(H,24,25,26). The molecule has 0 unspecified atom stereocenters. The van der Waals surface area contributed by atoms with Crippen LogP contribution in [0.15, 0.2) is 47.4 Å². The summed E-state index contributed by atoms with van der Waals surface area (Å²) in [4.78, 5) is 26.9. The fourth-order valence-corrected chi connectivity index (χ4v) is 3.14. The maximum absolute atomic E-state index is 11.0. The van der Waals surface area contributed by atoms with Crippen LogP contribution in [0, 0.1) is 6.92 Å². The molecule has 29 heavy (non-hydrogen) atoms. The number of anilines is 1. The van der Waals surface area contributed by atoms with Crippen LogP contribution in [0.2, 0.25) is 0 Å². The van der Waals surface area contributed by atoms with Gasteiger partial charge in [-0.1, -0.05) is 12.1 Å². The molecular weight excluding hydrogens is 368 g/mol. The van der Waals surface area contributed by atoms with Crippen LogP contribution in [-0.4, -0.2) is 58.3 Å². The van der Waals surface area contributed by atoms with Crippen molar-refractivity contribution >= 4 is 18.1 Å². The highest BCUT2D eigenvalue weighted by Gasteiger charge is 2.15. The van der Waals surface area contributed by atoms with Crippen molar-refractivity contribution < 1.29 is 9.90 Å². The number of aryl methyl sites for hydroxylation is 1. The summed E-state index contributed by atoms with van der Waals surface area (Å²) in [6.07, 6.45) is 6.96. The largest absolute Gasteiger partial charge is 0.478 e. The number of nitrogens with one attached hydrogen (secondary N) is 1. The summed E-state index contributed by atoms with van der Waals surface area (Å²) in [6.45, 7) is 4.00. The first-order valence-corrected chi connectivity index (χ1v) is 9.54. The van der Waals surface area contributed by atoms with E-state index in [1.54, 1.807) is 36.7 Å². The number of allylic oxidation sites excluding steroid dienone is 1. The first kappa shape index (κ1) is 20.5. The Labute approximate surface area is 170 Å². The zero-order chi connectivity index (χ0) is 20.8. The molecule has 3 rings (SSSR count). The number of likely N-dealkylation sites (tertiary alicyclic amines) is 1. The second-order valence-corrected chi connectivity index (χ2v) is 7.17. The summed E-state index contributed by atoms with van der Waals surface area (Å²) in [5, 5.41) is 12.2. The quantitative estimate of drug-likeness (QED) is 0.645. The molecule has 152 valence electrons. The Bertz CT molecular complexity index is 915. The maximum Gasteiger partial charge on any atom is 0.335 e. The Hall–Kier alpha value is -3.26. The van der Waals surface area contributed by atoms with Crippen molar-refractivity contribution in [1.29, 1.82) is 0 Å². The molecule has 2 heterocycles. The average Bonchev–Trinajstić information content (AvgIpc) is 2.73. The topological polar surface area (TPSA) is 117 Å². The molecule has 1 aromatic carbocycles. The minimum absolute atomic E-state index is 0.234. The maximum atomic E-state index is 11.0. The van der Waals surface area contributed by atoms with Gasteiger partial charge < -0.3 is 21.1 Å². The molecule has 1 aliphatic rings. The van der Waals surface area contributed by atoms with Gasteiger partial charge in [0.05, 0.1) is 23.0 Å². The number of carboxylic acids is 1. The number of aromatic carboxylic acids is 1. The number of piperidine rings is 1. The van der Waals surface area contributed by atoms with Crippen molar-refractivity contribution in [3.63, 3.8) is 0 Å². The molecule has 1 aromatic heterocycles. The zero-order valence-electron chi connectivity index (χ0n) is 16.7. The zero-order valence-corrected chi connectivity index (χ0v) is 16.7. The number of nitrogens with zero attached hydrogens (tertiary/aromatic N) is 4. The highest BCUT2D eigenvalue weighted by molar-refractivity contribution is 5.88. The molecule has 4 N–H and O–H groups in total. The summed E-state index contributed by atoms with van der Waals surface area (Å²) in [7, 11) is 2.12. The number of hydrogen-bond donors (Lipinski definition) is 3. The van der Waals surface area contributed by atoms with Crippen molar-refractivity contribution in [3.8, 4) is 11.3 Å². The minimum Gasteiger partial charge on any atom is -0.478 e. The molecular formula is C21H26N6O2. The molecule has 0 amide bonds. The lowest BCUT2D eigenvalue weighted by molar-refractivity contribution is 0.0697. The fraction of sp³-hybridized carbons (Fsp3) is 0.333. The lowest BCUT2D eigenvalue weighted by Gasteiger charge is -2.26. The van der Waals surface area contributed by atoms with E-state index in [9.17, 15) is 4.79 Å². The molecule has 2 aromatic rings. The van der Waals surface area contributed by atoms with E-state index in [0.717, 1.165) is 42.8 Å². The third kappa shape index (κ3) is 5.39. The Balaban J connectivity index is 1.73. The van der Waals surface area contributed by atoms with E-state index in [1.165, 1.54) is 6.20 Å². The van der Waals surface area contributed by atoms with Crippen LogP contribution in [0.1, 0.15) is 28.8 Å². The molecule has 1 saturated heterocycles. The monoisotopic (exact) mass is 394 g/mol. The molecule has 0 radical (unpaired) electrons. The van der Waals surface area contributed by atoms with Crippen molar-refractivity contribution in [1.82, 2.24) is 14.9 Å². The summed E-state index contributed by atoms with van der Waals surface area (Å²) in [5.74, 6) is -0.556. The van der Waals surface area contributed by atoms with Crippen molar-refractivity contribution in [2.45, 2.75) is 25.8 Å². The third-order valence-electron chi connectivity index (χ3n) is 4.93. The van der Waals surface area contributed by atoms with Crippen LogP contribution in [-0.2, 0) is 0 Å². The smallest absolute Gasteiger partial charge is 0.335 e. The number of nitrogens with two attached hydrogens (primary N) is 1. The van der Waals surface area contributed by atoms with E-state index in [1.807, 2.05) is 6.92 Å². The second kappa shape index (κ2) is 9.29. The van der Waals surface area contributed by atoms with Crippen molar-refractivity contribution in [2.75, 3.05) is 25.5 Å². The molecule has 1 fully saturated rings. The Morgan fingerprint density at radius 2 is 2.00 bits per heavy atom. The number of aliphatic imine (C=N–C) groups is 1. The van der Waals surface area contributed by atoms with Gasteiger partial charge in [0.2, 0.25) is 5.95 Å². The van der Waals surface area contributed by atoms with Crippen LogP contribution < -0.4 is 11.1 Å². The van der Waals surface area contributed by atoms with Gasteiger partial charge in [0, 0.05) is 24.2 Å². The first-order chi connectivity index (χ1) is 14.0. The van der Waals surface area contributed by atoms with Gasteiger partial charge in [-0.3, -0.25) is 4.99 Å². The average molecular weight is 394 g/mol. The van der Waals surface area contributed by atoms with E-state index < -0.39 is 5.97 Å². The van der Waals surface area contributed by atoms with Gasteiger partial charge in [-0.05, 0) is 57.6 Å². The predicted octanol–water partition coefficient (Wildman–Crippen LogP) is 2.53. The van der Waals surface area contributed by atoms with Gasteiger partial charge in [0.15, 0.2) is 0 Å². The number of carboxylic acid groups (broad SMARTS) is 1. The normalized spacial score (nSPS) is 16.3. The number of benzene rings is 1. The molecule has 0 spiro atoms. The van der Waals surface area contributed by atoms with E-state index in [0.29, 0.717) is 17.7 Å². The highest BCUT2D eigenvalue weighted by atomic mass is 16.4. The van der Waals surface area contributed by atoms with E-state index in [2.05, 4.69) is 32.2 Å². The highest BCUT2D eigenvalue weighted by Crippen LogP contribution is 2.22. The molecule has 0 atom stereocenters.